The Hall–Kier alpha value is 0.440. The zero-order chi connectivity index (χ0) is 13.2. The molecule has 0 bridgehead atoms. The van der Waals surface area contributed by atoms with Crippen molar-refractivity contribution in [3.05, 3.63) is 0 Å². The normalized spacial score (nSPS) is 10.6. The molecular weight excluding hydrogens is 270 g/mol. The lowest BCUT2D eigenvalue weighted by molar-refractivity contribution is 0.336. The van der Waals surface area contributed by atoms with E-state index < -0.39 is 14.7 Å². The van der Waals surface area contributed by atoms with Crippen LogP contribution in [0.5, 0.6) is 0 Å². The molecular formula is C12H34O4P2. The molecule has 0 aliphatic heterocycles. The van der Waals surface area contributed by atoms with Gasteiger partial charge in [0.15, 0.2) is 0 Å². The Bertz CT molecular complexity index is 190. The molecule has 0 radical (unpaired) electrons. The van der Waals surface area contributed by atoms with Crippen molar-refractivity contribution in [1.82, 2.24) is 0 Å². The second-order valence-corrected chi connectivity index (χ2v) is 8.98. The van der Waals surface area contributed by atoms with Gasteiger partial charge < -0.3 is 18.1 Å². The van der Waals surface area contributed by atoms with Crippen molar-refractivity contribution in [2.24, 2.45) is 0 Å². The van der Waals surface area contributed by atoms with Gasteiger partial charge >= 0.3 is 0 Å². The monoisotopic (exact) mass is 304 g/mol. The molecule has 0 spiro atoms. The fourth-order valence-electron chi connectivity index (χ4n) is 0.665. The zero-order valence-corrected chi connectivity index (χ0v) is 13.1. The second-order valence-electron chi connectivity index (χ2n) is 2.99. The highest BCUT2D eigenvalue weighted by molar-refractivity contribution is 7.64. The van der Waals surface area contributed by atoms with Crippen LogP contribution in [0.3, 0.4) is 0 Å². The molecule has 0 saturated carbocycles. The van der Waals surface area contributed by atoms with E-state index in [4.69, 9.17) is 18.1 Å². The molecule has 0 heterocycles. The van der Waals surface area contributed by atoms with Crippen molar-refractivity contribution >= 4 is 27.3 Å². The second kappa shape index (κ2) is 13.9. The van der Waals surface area contributed by atoms with Gasteiger partial charge in [0.2, 0.25) is 0 Å². The average molecular weight is 304 g/mol. The third kappa shape index (κ3) is 11.5. The Labute approximate surface area is 115 Å². The lowest BCUT2D eigenvalue weighted by Crippen LogP contribution is -1.90. The standard InChI is InChI=1S/2C5H13O2P.2CH4/c2*1-5-8(4,6-2)7-3;;/h2*4-5H2,1-3H3;2*1H4. The van der Waals surface area contributed by atoms with Crippen molar-refractivity contribution in [1.29, 1.82) is 0 Å². The fraction of sp³-hybridized carbons (Fsp3) is 0.833. The largest absolute Gasteiger partial charge is 0.341 e. The lowest BCUT2D eigenvalue weighted by atomic mass is 11.0. The summed E-state index contributed by atoms with van der Waals surface area (Å²) in [6, 6.07) is 0. The first-order valence-corrected chi connectivity index (χ1v) is 9.03. The van der Waals surface area contributed by atoms with E-state index in [0.717, 1.165) is 12.3 Å². The lowest BCUT2D eigenvalue weighted by Gasteiger charge is -2.16. The van der Waals surface area contributed by atoms with E-state index in [1.165, 1.54) is 0 Å². The summed E-state index contributed by atoms with van der Waals surface area (Å²) < 4.78 is 20.1. The van der Waals surface area contributed by atoms with Crippen LogP contribution >= 0.6 is 14.7 Å². The first-order valence-electron chi connectivity index (χ1n) is 5.04. The summed E-state index contributed by atoms with van der Waals surface area (Å²) in [5.74, 6) is 0. The summed E-state index contributed by atoms with van der Waals surface area (Å²) in [5.41, 5.74) is 0. The highest BCUT2D eigenvalue weighted by Gasteiger charge is 2.06. The molecule has 0 rings (SSSR count). The van der Waals surface area contributed by atoms with Gasteiger partial charge in [-0.3, -0.25) is 0 Å². The maximum atomic E-state index is 5.01. The molecule has 0 saturated heterocycles. The van der Waals surface area contributed by atoms with Crippen molar-refractivity contribution in [3.63, 3.8) is 0 Å². The molecule has 116 valence electrons. The van der Waals surface area contributed by atoms with Crippen LogP contribution in [-0.4, -0.2) is 53.4 Å². The fourth-order valence-corrected chi connectivity index (χ4v) is 2.00. The van der Waals surface area contributed by atoms with Gasteiger partial charge in [-0.1, -0.05) is 41.3 Å². The Balaban J connectivity index is -0.0000000980. The number of hydrogen-bond acceptors (Lipinski definition) is 4. The smallest absolute Gasteiger partial charge is 0.116 e. The van der Waals surface area contributed by atoms with Crippen LogP contribution in [0.15, 0.2) is 0 Å². The molecule has 6 heteroatoms. The minimum Gasteiger partial charge on any atom is -0.341 e. The molecule has 18 heavy (non-hydrogen) atoms. The maximum absolute atomic E-state index is 5.01. The highest BCUT2D eigenvalue weighted by Crippen LogP contribution is 2.45. The third-order valence-corrected chi connectivity index (χ3v) is 6.88. The molecule has 0 aromatic rings. The molecule has 0 aliphatic carbocycles. The summed E-state index contributed by atoms with van der Waals surface area (Å²) in [6.07, 6.45) is 9.33. The Morgan fingerprint density at radius 2 is 0.833 bits per heavy atom. The molecule has 0 amide bonds. The van der Waals surface area contributed by atoms with Crippen LogP contribution in [0, 0.1) is 0 Å². The van der Waals surface area contributed by atoms with E-state index in [9.17, 15) is 0 Å². The van der Waals surface area contributed by atoms with Gasteiger partial charge in [-0.05, 0) is 0 Å². The highest BCUT2D eigenvalue weighted by atomic mass is 31.2. The van der Waals surface area contributed by atoms with Gasteiger partial charge in [-0.2, -0.15) is 0 Å². The van der Waals surface area contributed by atoms with E-state index >= 15 is 0 Å². The van der Waals surface area contributed by atoms with Crippen molar-refractivity contribution in [2.75, 3.05) is 40.8 Å². The SMILES string of the molecule is C.C.C=P(CC)(OC)OC.C=P(CC)(OC)OC. The summed E-state index contributed by atoms with van der Waals surface area (Å²) >= 11 is 0. The van der Waals surface area contributed by atoms with E-state index in [1.807, 2.05) is 13.8 Å². The average Bonchev–Trinajstić information content (AvgIpc) is 2.37. The van der Waals surface area contributed by atoms with Crippen LogP contribution in [0.4, 0.5) is 0 Å². The summed E-state index contributed by atoms with van der Waals surface area (Å²) in [6.45, 7) is 4.02. The predicted molar refractivity (Wildman–Crippen MR) is 90.7 cm³/mol. The molecule has 0 N–H and O–H groups in total. The van der Waals surface area contributed by atoms with Crippen LogP contribution in [0.2, 0.25) is 0 Å². The van der Waals surface area contributed by atoms with Gasteiger partial charge in [-0.15, -0.1) is 0 Å². The molecule has 0 fully saturated rings. The van der Waals surface area contributed by atoms with Crippen LogP contribution in [-0.2, 0) is 18.1 Å². The van der Waals surface area contributed by atoms with Gasteiger partial charge in [0.25, 0.3) is 0 Å². The summed E-state index contributed by atoms with van der Waals surface area (Å²) in [5, 5.41) is 0. The molecule has 0 unspecified atom stereocenters. The third-order valence-electron chi connectivity index (χ3n) is 2.29. The first-order chi connectivity index (χ1) is 7.36. The molecule has 0 aliphatic rings. The predicted octanol–water partition coefficient (Wildman–Crippen LogP) is 4.43. The Morgan fingerprint density at radius 3 is 0.833 bits per heavy atom. The Morgan fingerprint density at radius 1 is 0.667 bits per heavy atom. The van der Waals surface area contributed by atoms with Gasteiger partial charge in [0.1, 0.15) is 14.7 Å². The van der Waals surface area contributed by atoms with Crippen LogP contribution < -0.4 is 0 Å². The molecule has 0 aromatic carbocycles. The van der Waals surface area contributed by atoms with Crippen molar-refractivity contribution < 1.29 is 18.1 Å². The van der Waals surface area contributed by atoms with E-state index in [2.05, 4.69) is 12.6 Å². The summed E-state index contributed by atoms with van der Waals surface area (Å²) in [7, 11) is 3.21. The van der Waals surface area contributed by atoms with E-state index in [0.29, 0.717) is 0 Å². The minimum atomic E-state index is -1.66. The van der Waals surface area contributed by atoms with Crippen LogP contribution in [0.25, 0.3) is 0 Å². The van der Waals surface area contributed by atoms with Gasteiger partial charge in [0, 0.05) is 40.8 Å². The van der Waals surface area contributed by atoms with E-state index in [1.54, 1.807) is 28.4 Å². The van der Waals surface area contributed by atoms with Crippen molar-refractivity contribution in [3.8, 4) is 0 Å². The zero-order valence-electron chi connectivity index (χ0n) is 11.4. The van der Waals surface area contributed by atoms with Crippen LogP contribution in [0.1, 0.15) is 28.7 Å². The number of hydrogen-bond donors (Lipinski definition) is 0. The van der Waals surface area contributed by atoms with E-state index in [-0.39, 0.29) is 14.9 Å². The molecule has 4 nitrogen and oxygen atoms in total. The number of rotatable bonds is 6. The first kappa shape index (κ1) is 26.9. The minimum absolute atomic E-state index is 0. The van der Waals surface area contributed by atoms with Crippen molar-refractivity contribution in [2.45, 2.75) is 28.7 Å². The molecule has 0 aromatic heterocycles. The topological polar surface area (TPSA) is 36.9 Å². The maximum Gasteiger partial charge on any atom is 0.116 e. The molecule has 0 atom stereocenters. The Kier molecular flexibility index (Phi) is 20.7. The summed E-state index contributed by atoms with van der Waals surface area (Å²) in [4.78, 5) is 0. The van der Waals surface area contributed by atoms with Gasteiger partial charge in [0.05, 0.1) is 0 Å². The quantitative estimate of drug-likeness (QED) is 0.680. The van der Waals surface area contributed by atoms with Gasteiger partial charge in [-0.25, -0.2) is 0 Å².